The molecule has 2 atom stereocenters. The van der Waals surface area contributed by atoms with Gasteiger partial charge in [-0.2, -0.15) is 11.8 Å². The third-order valence-corrected chi connectivity index (χ3v) is 5.36. The quantitative estimate of drug-likeness (QED) is 0.733. The Bertz CT molecular complexity index is 561. The number of hydrogen-bond acceptors (Lipinski definition) is 5. The highest BCUT2D eigenvalue weighted by molar-refractivity contribution is 7.99. The van der Waals surface area contributed by atoms with E-state index in [2.05, 4.69) is 16.0 Å². The normalized spacial score (nSPS) is 23.9. The summed E-state index contributed by atoms with van der Waals surface area (Å²) in [6.07, 6.45) is 2.64. The monoisotopic (exact) mass is 353 g/mol. The Kier molecular flexibility index (Phi) is 6.34. The lowest BCUT2D eigenvalue weighted by Crippen LogP contribution is -2.39. The highest BCUT2D eigenvalue weighted by atomic mass is 32.2. The number of hydrogen-bond donors (Lipinski definition) is 3. The molecule has 0 saturated carbocycles. The van der Waals surface area contributed by atoms with Crippen LogP contribution in [0.5, 0.6) is 0 Å². The molecule has 1 aromatic carbocycles. The summed E-state index contributed by atoms with van der Waals surface area (Å²) in [5.74, 6) is 1.57. The number of thioether (sulfide) groups is 1. The second kappa shape index (κ2) is 8.69. The van der Waals surface area contributed by atoms with Gasteiger partial charge >= 0.3 is 0 Å². The van der Waals surface area contributed by atoms with E-state index in [9.17, 15) is 9.18 Å². The molecule has 132 valence electrons. The lowest BCUT2D eigenvalue weighted by Gasteiger charge is -2.22. The van der Waals surface area contributed by atoms with Crippen LogP contribution >= 0.6 is 11.8 Å². The molecule has 2 aliphatic heterocycles. The van der Waals surface area contributed by atoms with Gasteiger partial charge in [0.05, 0.1) is 11.8 Å². The molecule has 0 spiro atoms. The van der Waals surface area contributed by atoms with Crippen LogP contribution in [0.1, 0.15) is 19.3 Å². The van der Waals surface area contributed by atoms with Crippen LogP contribution in [0.2, 0.25) is 0 Å². The predicted octanol–water partition coefficient (Wildman–Crippen LogP) is 2.45. The fourth-order valence-corrected chi connectivity index (χ4v) is 3.90. The molecular weight excluding hydrogens is 329 g/mol. The first kappa shape index (κ1) is 17.5. The van der Waals surface area contributed by atoms with Crippen LogP contribution in [0.3, 0.4) is 0 Å². The van der Waals surface area contributed by atoms with Gasteiger partial charge in [0.2, 0.25) is 5.91 Å². The van der Waals surface area contributed by atoms with E-state index in [0.29, 0.717) is 24.3 Å². The Hall–Kier alpha value is -1.31. The molecular formula is C17H24FN3O2S. The van der Waals surface area contributed by atoms with Crippen molar-refractivity contribution < 1.29 is 13.9 Å². The summed E-state index contributed by atoms with van der Waals surface area (Å²) in [5.41, 5.74) is 0.928. The Balaban J connectivity index is 1.48. The van der Waals surface area contributed by atoms with Gasteiger partial charge < -0.3 is 20.7 Å². The first-order valence-corrected chi connectivity index (χ1v) is 9.62. The average molecular weight is 353 g/mol. The summed E-state index contributed by atoms with van der Waals surface area (Å²) in [5, 5.41) is 9.17. The molecule has 0 aliphatic carbocycles. The Morgan fingerprint density at radius 1 is 1.46 bits per heavy atom. The van der Waals surface area contributed by atoms with Crippen LogP contribution < -0.4 is 16.0 Å². The third kappa shape index (κ3) is 5.09. The standard InChI is InChI=1S/C17H24FN3O2S/c18-15-8-12(21-17(22)9-13-11-24-7-5-19-13)3-4-16(15)20-10-14-2-1-6-23-14/h3-4,8,13-14,19-20H,1-2,5-7,9-11H2,(H,21,22). The van der Waals surface area contributed by atoms with E-state index >= 15 is 0 Å². The molecule has 2 heterocycles. The summed E-state index contributed by atoms with van der Waals surface area (Å²) in [4.78, 5) is 12.1. The van der Waals surface area contributed by atoms with Crippen LogP contribution in [0.25, 0.3) is 0 Å². The van der Waals surface area contributed by atoms with Crippen molar-refractivity contribution in [1.82, 2.24) is 5.32 Å². The Morgan fingerprint density at radius 2 is 2.38 bits per heavy atom. The summed E-state index contributed by atoms with van der Waals surface area (Å²) < 4.78 is 19.7. The maximum Gasteiger partial charge on any atom is 0.225 e. The van der Waals surface area contributed by atoms with Gasteiger partial charge in [-0.3, -0.25) is 4.79 Å². The van der Waals surface area contributed by atoms with Crippen LogP contribution in [-0.4, -0.2) is 49.3 Å². The smallest absolute Gasteiger partial charge is 0.225 e. The van der Waals surface area contributed by atoms with Crippen molar-refractivity contribution in [3.8, 4) is 0 Å². The molecule has 24 heavy (non-hydrogen) atoms. The Morgan fingerprint density at radius 3 is 3.08 bits per heavy atom. The van der Waals surface area contributed by atoms with Crippen LogP contribution in [0, 0.1) is 5.82 Å². The van der Waals surface area contributed by atoms with Crippen LogP contribution in [-0.2, 0) is 9.53 Å². The molecule has 3 N–H and O–H groups in total. The summed E-state index contributed by atoms with van der Waals surface area (Å²) in [7, 11) is 0. The van der Waals surface area contributed by atoms with E-state index in [1.54, 1.807) is 12.1 Å². The molecule has 1 amide bonds. The Labute approximate surface area is 146 Å². The number of ether oxygens (including phenoxy) is 1. The molecule has 5 nitrogen and oxygen atoms in total. The minimum Gasteiger partial charge on any atom is -0.380 e. The van der Waals surface area contributed by atoms with E-state index in [1.165, 1.54) is 6.07 Å². The maximum atomic E-state index is 14.2. The fourth-order valence-electron chi connectivity index (χ4n) is 2.95. The van der Waals surface area contributed by atoms with Gasteiger partial charge in [0.1, 0.15) is 5.82 Å². The SMILES string of the molecule is O=C(CC1CSCCN1)Nc1ccc(NCC2CCCO2)c(F)c1. The number of benzene rings is 1. The summed E-state index contributed by atoms with van der Waals surface area (Å²) >= 11 is 1.85. The van der Waals surface area contributed by atoms with E-state index in [-0.39, 0.29) is 23.9 Å². The highest BCUT2D eigenvalue weighted by Gasteiger charge is 2.18. The second-order valence-electron chi connectivity index (χ2n) is 6.19. The molecule has 1 aromatic rings. The van der Waals surface area contributed by atoms with Crippen molar-refractivity contribution in [3.63, 3.8) is 0 Å². The molecule has 7 heteroatoms. The van der Waals surface area contributed by atoms with Crippen molar-refractivity contribution >= 4 is 29.0 Å². The minimum absolute atomic E-state index is 0.0885. The lowest BCUT2D eigenvalue weighted by molar-refractivity contribution is -0.116. The molecule has 3 rings (SSSR count). The first-order chi connectivity index (χ1) is 11.7. The third-order valence-electron chi connectivity index (χ3n) is 4.23. The number of nitrogens with one attached hydrogen (secondary N) is 3. The number of carbonyl (C=O) groups excluding carboxylic acids is 1. The van der Waals surface area contributed by atoms with Gasteiger partial charge in [-0.1, -0.05) is 0 Å². The zero-order valence-electron chi connectivity index (χ0n) is 13.6. The fraction of sp³-hybridized carbons (Fsp3) is 0.588. The number of rotatable bonds is 6. The lowest BCUT2D eigenvalue weighted by atomic mass is 10.2. The number of halogens is 1. The number of carbonyl (C=O) groups is 1. The van der Waals surface area contributed by atoms with Gasteiger partial charge in [-0.05, 0) is 31.0 Å². The average Bonchev–Trinajstić information content (AvgIpc) is 3.08. The van der Waals surface area contributed by atoms with Crippen molar-refractivity contribution in [2.24, 2.45) is 0 Å². The topological polar surface area (TPSA) is 62.4 Å². The summed E-state index contributed by atoms with van der Waals surface area (Å²) in [6, 6.07) is 4.94. The maximum absolute atomic E-state index is 14.2. The first-order valence-electron chi connectivity index (χ1n) is 8.47. The van der Waals surface area contributed by atoms with E-state index in [1.807, 2.05) is 11.8 Å². The van der Waals surface area contributed by atoms with Gasteiger partial charge in [0.25, 0.3) is 0 Å². The minimum atomic E-state index is -0.364. The van der Waals surface area contributed by atoms with E-state index < -0.39 is 0 Å². The van der Waals surface area contributed by atoms with Crippen molar-refractivity contribution in [1.29, 1.82) is 0 Å². The van der Waals surface area contributed by atoms with Gasteiger partial charge in [-0.15, -0.1) is 0 Å². The molecule has 0 aromatic heterocycles. The molecule has 0 bridgehead atoms. The highest BCUT2D eigenvalue weighted by Crippen LogP contribution is 2.21. The van der Waals surface area contributed by atoms with Crippen molar-refractivity contribution in [3.05, 3.63) is 24.0 Å². The van der Waals surface area contributed by atoms with E-state index in [0.717, 1.165) is 37.5 Å². The van der Waals surface area contributed by atoms with Crippen molar-refractivity contribution in [2.45, 2.75) is 31.4 Å². The molecule has 2 saturated heterocycles. The van der Waals surface area contributed by atoms with Crippen LogP contribution in [0.15, 0.2) is 18.2 Å². The largest absolute Gasteiger partial charge is 0.380 e. The number of anilines is 2. The zero-order valence-corrected chi connectivity index (χ0v) is 14.5. The number of amides is 1. The van der Waals surface area contributed by atoms with Crippen LogP contribution in [0.4, 0.5) is 15.8 Å². The van der Waals surface area contributed by atoms with Crippen molar-refractivity contribution in [2.75, 3.05) is 41.8 Å². The second-order valence-corrected chi connectivity index (χ2v) is 7.34. The zero-order chi connectivity index (χ0) is 16.8. The molecule has 0 radical (unpaired) electrons. The molecule has 2 aliphatic rings. The summed E-state index contributed by atoms with van der Waals surface area (Å²) in [6.45, 7) is 2.32. The molecule has 2 fully saturated rings. The van der Waals surface area contributed by atoms with E-state index in [4.69, 9.17) is 4.74 Å². The molecule has 2 unspecified atom stereocenters. The van der Waals surface area contributed by atoms with Gasteiger partial charge in [0.15, 0.2) is 0 Å². The predicted molar refractivity (Wildman–Crippen MR) is 96.2 cm³/mol. The van der Waals surface area contributed by atoms with Gasteiger partial charge in [-0.25, -0.2) is 4.39 Å². The van der Waals surface area contributed by atoms with Gasteiger partial charge in [0, 0.05) is 49.4 Å².